The van der Waals surface area contributed by atoms with E-state index in [1.54, 1.807) is 18.5 Å². The topological polar surface area (TPSA) is 45.1 Å². The molecule has 0 radical (unpaired) electrons. The molecule has 22 heavy (non-hydrogen) atoms. The van der Waals surface area contributed by atoms with Crippen LogP contribution in [0, 0.1) is 11.7 Å². The van der Waals surface area contributed by atoms with Crippen LogP contribution in [0.1, 0.15) is 25.3 Å². The summed E-state index contributed by atoms with van der Waals surface area (Å²) in [6.45, 7) is 2.51. The Hall–Kier alpha value is -1.78. The fourth-order valence-electron chi connectivity index (χ4n) is 2.76. The Bertz CT molecular complexity index is 643. The summed E-state index contributed by atoms with van der Waals surface area (Å²) in [7, 11) is 0. The highest BCUT2D eigenvalue weighted by Gasteiger charge is 2.40. The van der Waals surface area contributed by atoms with E-state index in [0.29, 0.717) is 18.0 Å². The zero-order valence-electron chi connectivity index (χ0n) is 12.7. The van der Waals surface area contributed by atoms with Gasteiger partial charge in [0.05, 0.1) is 6.61 Å². The van der Waals surface area contributed by atoms with Gasteiger partial charge in [0.2, 0.25) is 0 Å². The Balaban J connectivity index is 1.73. The van der Waals surface area contributed by atoms with Gasteiger partial charge in [-0.05, 0) is 55.0 Å². The van der Waals surface area contributed by atoms with E-state index in [2.05, 4.69) is 10.3 Å². The number of aliphatic hydroxyl groups is 1. The monoisotopic (exact) mass is 300 g/mol. The number of nitrogens with one attached hydrogen (secondary N) is 1. The van der Waals surface area contributed by atoms with Gasteiger partial charge < -0.3 is 10.4 Å². The number of hydrogen-bond acceptors (Lipinski definition) is 3. The molecule has 4 heteroatoms. The van der Waals surface area contributed by atoms with Gasteiger partial charge in [0.15, 0.2) is 0 Å². The van der Waals surface area contributed by atoms with Crippen LogP contribution in [-0.2, 0) is 6.54 Å². The molecule has 2 aromatic rings. The van der Waals surface area contributed by atoms with Crippen molar-refractivity contribution < 1.29 is 9.50 Å². The van der Waals surface area contributed by atoms with E-state index in [9.17, 15) is 9.50 Å². The molecule has 0 aliphatic heterocycles. The molecule has 1 heterocycles. The summed E-state index contributed by atoms with van der Waals surface area (Å²) in [6.07, 6.45) is 5.66. The van der Waals surface area contributed by atoms with Gasteiger partial charge in [-0.15, -0.1) is 0 Å². The number of halogens is 1. The van der Waals surface area contributed by atoms with E-state index in [0.717, 1.165) is 24.0 Å². The van der Waals surface area contributed by atoms with Gasteiger partial charge in [0, 0.05) is 30.0 Å². The lowest BCUT2D eigenvalue weighted by Gasteiger charge is -2.29. The van der Waals surface area contributed by atoms with Gasteiger partial charge in [-0.1, -0.05) is 12.1 Å². The maximum atomic E-state index is 14.3. The van der Waals surface area contributed by atoms with Crippen LogP contribution in [0.25, 0.3) is 11.1 Å². The number of nitrogens with zero attached hydrogens (tertiary/aromatic N) is 1. The van der Waals surface area contributed by atoms with Crippen molar-refractivity contribution in [3.8, 4) is 11.1 Å². The van der Waals surface area contributed by atoms with Crippen LogP contribution in [0.4, 0.5) is 4.39 Å². The van der Waals surface area contributed by atoms with E-state index in [1.807, 2.05) is 31.2 Å². The fraction of sp³-hybridized carbons (Fsp3) is 0.389. The molecule has 1 fully saturated rings. The van der Waals surface area contributed by atoms with Crippen molar-refractivity contribution in [3.05, 3.63) is 54.1 Å². The number of aromatic nitrogens is 1. The average molecular weight is 300 g/mol. The average Bonchev–Trinajstić information content (AvgIpc) is 3.39. The first-order valence-corrected chi connectivity index (χ1v) is 7.67. The number of aliphatic hydroxyl groups excluding tert-OH is 1. The predicted molar refractivity (Wildman–Crippen MR) is 84.7 cm³/mol. The second-order valence-electron chi connectivity index (χ2n) is 6.25. The highest BCUT2D eigenvalue weighted by molar-refractivity contribution is 5.63. The van der Waals surface area contributed by atoms with Crippen molar-refractivity contribution in [2.75, 3.05) is 6.61 Å². The van der Waals surface area contributed by atoms with E-state index >= 15 is 0 Å². The highest BCUT2D eigenvalue weighted by Crippen LogP contribution is 2.39. The molecular weight excluding hydrogens is 279 g/mol. The summed E-state index contributed by atoms with van der Waals surface area (Å²) < 4.78 is 14.3. The second kappa shape index (κ2) is 6.15. The van der Waals surface area contributed by atoms with Crippen LogP contribution in [0.2, 0.25) is 0 Å². The first-order valence-electron chi connectivity index (χ1n) is 7.67. The molecule has 0 spiro atoms. The van der Waals surface area contributed by atoms with Crippen molar-refractivity contribution in [2.24, 2.45) is 5.92 Å². The molecule has 1 aromatic carbocycles. The normalized spacial score (nSPS) is 17.2. The van der Waals surface area contributed by atoms with Crippen LogP contribution in [-0.4, -0.2) is 22.2 Å². The van der Waals surface area contributed by atoms with Crippen molar-refractivity contribution in [1.82, 2.24) is 10.3 Å². The number of hydrogen-bond donors (Lipinski definition) is 2. The lowest BCUT2D eigenvalue weighted by molar-refractivity contribution is 0.153. The van der Waals surface area contributed by atoms with Crippen molar-refractivity contribution in [1.29, 1.82) is 0 Å². The molecule has 1 unspecified atom stereocenters. The molecule has 1 saturated carbocycles. The molecule has 3 nitrogen and oxygen atoms in total. The molecule has 116 valence electrons. The fourth-order valence-corrected chi connectivity index (χ4v) is 2.76. The lowest BCUT2D eigenvalue weighted by Crippen LogP contribution is -2.47. The van der Waals surface area contributed by atoms with Gasteiger partial charge >= 0.3 is 0 Å². The molecule has 1 aliphatic carbocycles. The van der Waals surface area contributed by atoms with Crippen molar-refractivity contribution in [3.63, 3.8) is 0 Å². The number of pyridine rings is 1. The van der Waals surface area contributed by atoms with E-state index in [-0.39, 0.29) is 18.0 Å². The van der Waals surface area contributed by atoms with Gasteiger partial charge in [0.25, 0.3) is 0 Å². The maximum absolute atomic E-state index is 14.3. The Kier molecular flexibility index (Phi) is 4.23. The minimum atomic E-state index is -0.309. The molecule has 1 aromatic heterocycles. The molecular formula is C18H21FN2O. The largest absolute Gasteiger partial charge is 0.394 e. The Morgan fingerprint density at radius 3 is 2.55 bits per heavy atom. The second-order valence-corrected chi connectivity index (χ2v) is 6.25. The summed E-state index contributed by atoms with van der Waals surface area (Å²) in [4.78, 5) is 3.97. The standard InChI is InChI=1S/C18H21FN2O/c1-18(12-22,16-4-5-16)21-11-15-3-2-14(10-17(15)19)13-6-8-20-9-7-13/h2-3,6-10,16,21-22H,4-5,11-12H2,1H3. The van der Waals surface area contributed by atoms with Gasteiger partial charge in [0.1, 0.15) is 5.82 Å². The molecule has 0 saturated heterocycles. The number of benzene rings is 1. The predicted octanol–water partition coefficient (Wildman–Crippen LogP) is 3.14. The van der Waals surface area contributed by atoms with Crippen LogP contribution in [0.15, 0.2) is 42.7 Å². The third-order valence-electron chi connectivity index (χ3n) is 4.56. The molecule has 2 N–H and O–H groups in total. The molecule has 0 amide bonds. The summed E-state index contributed by atoms with van der Waals surface area (Å²) in [5, 5.41) is 12.9. The summed E-state index contributed by atoms with van der Waals surface area (Å²) in [5.74, 6) is 0.273. The summed E-state index contributed by atoms with van der Waals surface area (Å²) in [6, 6.07) is 9.01. The van der Waals surface area contributed by atoms with E-state index in [1.165, 1.54) is 0 Å². The zero-order chi connectivity index (χ0) is 15.6. The first kappa shape index (κ1) is 15.1. The lowest BCUT2D eigenvalue weighted by atomic mass is 9.96. The third kappa shape index (κ3) is 3.18. The van der Waals surface area contributed by atoms with E-state index in [4.69, 9.17) is 0 Å². The zero-order valence-corrected chi connectivity index (χ0v) is 12.7. The molecule has 1 atom stereocenters. The van der Waals surface area contributed by atoms with Crippen LogP contribution < -0.4 is 5.32 Å². The molecule has 0 bridgehead atoms. The molecule has 3 rings (SSSR count). The van der Waals surface area contributed by atoms with Gasteiger partial charge in [-0.2, -0.15) is 0 Å². The van der Waals surface area contributed by atoms with Gasteiger partial charge in [-0.25, -0.2) is 4.39 Å². The summed E-state index contributed by atoms with van der Waals surface area (Å²) in [5.41, 5.74) is 2.11. The van der Waals surface area contributed by atoms with Crippen LogP contribution in [0.5, 0.6) is 0 Å². The number of rotatable bonds is 6. The first-order chi connectivity index (χ1) is 10.6. The quantitative estimate of drug-likeness (QED) is 0.861. The van der Waals surface area contributed by atoms with Crippen LogP contribution in [0.3, 0.4) is 0 Å². The van der Waals surface area contributed by atoms with E-state index < -0.39 is 0 Å². The minimum Gasteiger partial charge on any atom is -0.394 e. The Morgan fingerprint density at radius 2 is 1.95 bits per heavy atom. The van der Waals surface area contributed by atoms with Crippen molar-refractivity contribution >= 4 is 0 Å². The Labute approximate surface area is 130 Å². The smallest absolute Gasteiger partial charge is 0.128 e. The highest BCUT2D eigenvalue weighted by atomic mass is 19.1. The molecule has 1 aliphatic rings. The van der Waals surface area contributed by atoms with Gasteiger partial charge in [-0.3, -0.25) is 4.98 Å². The maximum Gasteiger partial charge on any atom is 0.128 e. The van der Waals surface area contributed by atoms with Crippen LogP contribution >= 0.6 is 0 Å². The van der Waals surface area contributed by atoms with Crippen molar-refractivity contribution in [2.45, 2.75) is 31.8 Å². The SMILES string of the molecule is CC(CO)(NCc1ccc(-c2ccncc2)cc1F)C1CC1. The Morgan fingerprint density at radius 1 is 1.23 bits per heavy atom. The third-order valence-corrected chi connectivity index (χ3v) is 4.56. The minimum absolute atomic E-state index is 0.0778. The summed E-state index contributed by atoms with van der Waals surface area (Å²) >= 11 is 0.